The van der Waals surface area contributed by atoms with Crippen molar-refractivity contribution >= 4 is 11.6 Å². The maximum Gasteiger partial charge on any atom is 0.238 e. The summed E-state index contributed by atoms with van der Waals surface area (Å²) in [4.78, 5) is 14.4. The number of aryl methyl sites for hydroxylation is 2. The summed E-state index contributed by atoms with van der Waals surface area (Å²) in [6, 6.07) is 10.8. The van der Waals surface area contributed by atoms with Crippen LogP contribution in [0.25, 0.3) is 0 Å². The maximum absolute atomic E-state index is 13.8. The van der Waals surface area contributed by atoms with Crippen LogP contribution in [-0.4, -0.2) is 31.0 Å². The number of halogens is 1. The second-order valence-electron chi connectivity index (χ2n) is 6.09. The Morgan fingerprint density at radius 3 is 2.44 bits per heavy atom. The molecule has 0 aliphatic heterocycles. The van der Waals surface area contributed by atoms with E-state index in [1.54, 1.807) is 6.07 Å². The zero-order valence-corrected chi connectivity index (χ0v) is 15.2. The molecule has 25 heavy (non-hydrogen) atoms. The summed E-state index contributed by atoms with van der Waals surface area (Å²) in [6.07, 6.45) is 0. The van der Waals surface area contributed by atoms with Crippen LogP contribution in [0.5, 0.6) is 5.75 Å². The van der Waals surface area contributed by atoms with Crippen LogP contribution in [0, 0.1) is 19.7 Å². The van der Waals surface area contributed by atoms with E-state index in [4.69, 9.17) is 4.74 Å². The van der Waals surface area contributed by atoms with Gasteiger partial charge in [0.15, 0.2) is 11.6 Å². The summed E-state index contributed by atoms with van der Waals surface area (Å²) in [6.45, 7) is 7.36. The molecule has 0 bridgehead atoms. The standard InChI is InChI=1S/C20H25FN2O2/c1-5-23(12-16-9-10-18(25-4)17(21)11-16)13-19(24)22-20-14(2)7-6-8-15(20)3/h6-11H,5,12-13H2,1-4H3,(H,22,24). The molecule has 1 amide bonds. The van der Waals surface area contributed by atoms with Gasteiger partial charge >= 0.3 is 0 Å². The van der Waals surface area contributed by atoms with E-state index in [2.05, 4.69) is 5.32 Å². The van der Waals surface area contributed by atoms with Crippen LogP contribution in [-0.2, 0) is 11.3 Å². The molecule has 0 saturated heterocycles. The molecule has 0 aliphatic rings. The SMILES string of the molecule is CCN(CC(=O)Nc1c(C)cccc1C)Cc1ccc(OC)c(F)c1. The molecule has 2 aromatic rings. The second kappa shape index (κ2) is 8.62. The molecule has 0 aliphatic carbocycles. The van der Waals surface area contributed by atoms with Crippen molar-refractivity contribution in [3.8, 4) is 5.75 Å². The van der Waals surface area contributed by atoms with Gasteiger partial charge in [0.2, 0.25) is 5.91 Å². The van der Waals surface area contributed by atoms with E-state index in [0.29, 0.717) is 13.1 Å². The highest BCUT2D eigenvalue weighted by atomic mass is 19.1. The van der Waals surface area contributed by atoms with Gasteiger partial charge in [-0.1, -0.05) is 31.2 Å². The van der Waals surface area contributed by atoms with Crippen molar-refractivity contribution in [3.05, 3.63) is 58.9 Å². The fourth-order valence-electron chi connectivity index (χ4n) is 2.74. The summed E-state index contributed by atoms with van der Waals surface area (Å²) in [5.41, 5.74) is 3.74. The van der Waals surface area contributed by atoms with E-state index in [0.717, 1.165) is 22.4 Å². The van der Waals surface area contributed by atoms with E-state index >= 15 is 0 Å². The lowest BCUT2D eigenvalue weighted by molar-refractivity contribution is -0.117. The molecule has 0 fully saturated rings. The predicted octanol–water partition coefficient (Wildman–Crippen LogP) is 3.91. The van der Waals surface area contributed by atoms with Gasteiger partial charge in [0.1, 0.15) is 0 Å². The normalized spacial score (nSPS) is 10.8. The predicted molar refractivity (Wildman–Crippen MR) is 98.4 cm³/mol. The smallest absolute Gasteiger partial charge is 0.238 e. The highest BCUT2D eigenvalue weighted by Gasteiger charge is 2.13. The number of anilines is 1. The van der Waals surface area contributed by atoms with E-state index < -0.39 is 5.82 Å². The first-order valence-corrected chi connectivity index (χ1v) is 8.35. The zero-order chi connectivity index (χ0) is 18.4. The number of hydrogen-bond donors (Lipinski definition) is 1. The molecule has 4 nitrogen and oxygen atoms in total. The van der Waals surface area contributed by atoms with Crippen LogP contribution in [0.1, 0.15) is 23.6 Å². The molecule has 0 aromatic heterocycles. The van der Waals surface area contributed by atoms with E-state index in [9.17, 15) is 9.18 Å². The number of nitrogens with one attached hydrogen (secondary N) is 1. The maximum atomic E-state index is 13.8. The molecule has 0 radical (unpaired) electrons. The van der Waals surface area contributed by atoms with Gasteiger partial charge in [0.25, 0.3) is 0 Å². The van der Waals surface area contributed by atoms with Crippen molar-refractivity contribution in [1.82, 2.24) is 4.90 Å². The van der Waals surface area contributed by atoms with Crippen molar-refractivity contribution in [2.75, 3.05) is 25.5 Å². The number of amides is 1. The van der Waals surface area contributed by atoms with E-state index in [1.807, 2.05) is 49.9 Å². The first-order valence-electron chi connectivity index (χ1n) is 8.35. The van der Waals surface area contributed by atoms with Gasteiger partial charge in [0, 0.05) is 12.2 Å². The molecular weight excluding hydrogens is 319 g/mol. The molecule has 5 heteroatoms. The molecule has 0 spiro atoms. The molecule has 2 aromatic carbocycles. The molecule has 0 atom stereocenters. The van der Waals surface area contributed by atoms with Gasteiger partial charge in [-0.15, -0.1) is 0 Å². The number of hydrogen-bond acceptors (Lipinski definition) is 3. The molecule has 0 unspecified atom stereocenters. The number of ether oxygens (including phenoxy) is 1. The molecule has 0 heterocycles. The molecule has 2 rings (SSSR count). The van der Waals surface area contributed by atoms with Crippen molar-refractivity contribution in [2.24, 2.45) is 0 Å². The van der Waals surface area contributed by atoms with Gasteiger partial charge in [-0.25, -0.2) is 4.39 Å². The molecular formula is C20H25FN2O2. The monoisotopic (exact) mass is 344 g/mol. The van der Waals surface area contributed by atoms with Crippen molar-refractivity contribution < 1.29 is 13.9 Å². The molecule has 134 valence electrons. The summed E-state index contributed by atoms with van der Waals surface area (Å²) in [5, 5.41) is 2.98. The quantitative estimate of drug-likeness (QED) is 0.828. The lowest BCUT2D eigenvalue weighted by Gasteiger charge is -2.21. The summed E-state index contributed by atoms with van der Waals surface area (Å²) in [5.74, 6) is -0.246. The Morgan fingerprint density at radius 1 is 1.20 bits per heavy atom. The largest absolute Gasteiger partial charge is 0.494 e. The average molecular weight is 344 g/mol. The van der Waals surface area contributed by atoms with Gasteiger partial charge in [-0.3, -0.25) is 9.69 Å². The topological polar surface area (TPSA) is 41.6 Å². The number of likely N-dealkylation sites (N-methyl/N-ethyl adjacent to an activating group) is 1. The first-order chi connectivity index (χ1) is 11.9. The van der Waals surface area contributed by atoms with Crippen LogP contribution in [0.3, 0.4) is 0 Å². The Labute approximate surface area is 148 Å². The van der Waals surface area contributed by atoms with Gasteiger partial charge in [-0.2, -0.15) is 0 Å². The number of carbonyl (C=O) groups is 1. The Balaban J connectivity index is 2.01. The Morgan fingerprint density at radius 2 is 1.88 bits per heavy atom. The fraction of sp³-hybridized carbons (Fsp3) is 0.350. The van der Waals surface area contributed by atoms with Crippen LogP contribution >= 0.6 is 0 Å². The molecule has 1 N–H and O–H groups in total. The Hall–Kier alpha value is -2.40. The summed E-state index contributed by atoms with van der Waals surface area (Å²) < 4.78 is 18.8. The highest BCUT2D eigenvalue weighted by molar-refractivity contribution is 5.93. The minimum absolute atomic E-state index is 0.0757. The van der Waals surface area contributed by atoms with Crippen molar-refractivity contribution in [2.45, 2.75) is 27.3 Å². The minimum atomic E-state index is -0.393. The zero-order valence-electron chi connectivity index (χ0n) is 15.2. The van der Waals surface area contributed by atoms with Gasteiger partial charge in [0.05, 0.1) is 13.7 Å². The summed E-state index contributed by atoms with van der Waals surface area (Å²) >= 11 is 0. The van der Waals surface area contributed by atoms with Crippen LogP contribution in [0.15, 0.2) is 36.4 Å². The lowest BCUT2D eigenvalue weighted by Crippen LogP contribution is -2.33. The average Bonchev–Trinajstić information content (AvgIpc) is 2.58. The van der Waals surface area contributed by atoms with Crippen molar-refractivity contribution in [1.29, 1.82) is 0 Å². The highest BCUT2D eigenvalue weighted by Crippen LogP contribution is 2.20. The first kappa shape index (κ1) is 18.9. The van der Waals surface area contributed by atoms with Gasteiger partial charge in [-0.05, 0) is 49.2 Å². The number of benzene rings is 2. The van der Waals surface area contributed by atoms with E-state index in [-0.39, 0.29) is 18.2 Å². The fourth-order valence-corrected chi connectivity index (χ4v) is 2.74. The third-order valence-electron chi connectivity index (χ3n) is 4.18. The van der Waals surface area contributed by atoms with Gasteiger partial charge < -0.3 is 10.1 Å². The Kier molecular flexibility index (Phi) is 6.53. The van der Waals surface area contributed by atoms with Crippen molar-refractivity contribution in [3.63, 3.8) is 0 Å². The number of para-hydroxylation sites is 1. The van der Waals surface area contributed by atoms with Crippen LogP contribution in [0.2, 0.25) is 0 Å². The van der Waals surface area contributed by atoms with Crippen LogP contribution < -0.4 is 10.1 Å². The summed E-state index contributed by atoms with van der Waals surface area (Å²) in [7, 11) is 1.44. The molecule has 0 saturated carbocycles. The minimum Gasteiger partial charge on any atom is -0.494 e. The third-order valence-corrected chi connectivity index (χ3v) is 4.18. The number of methoxy groups -OCH3 is 1. The number of nitrogens with zero attached hydrogens (tertiary/aromatic N) is 1. The van der Waals surface area contributed by atoms with E-state index in [1.165, 1.54) is 13.2 Å². The third kappa shape index (κ3) is 5.03. The Bertz CT molecular complexity index is 726. The van der Waals surface area contributed by atoms with Crippen LogP contribution in [0.4, 0.5) is 10.1 Å². The lowest BCUT2D eigenvalue weighted by atomic mass is 10.1. The number of rotatable bonds is 7. The second-order valence-corrected chi connectivity index (χ2v) is 6.09. The number of carbonyl (C=O) groups excluding carboxylic acids is 1.